The number of ether oxygens (including phenoxy) is 1. The van der Waals surface area contributed by atoms with E-state index in [-0.39, 0.29) is 29.9 Å². The summed E-state index contributed by atoms with van der Waals surface area (Å²) in [6.07, 6.45) is 7.68. The molecule has 1 rings (SSSR count). The van der Waals surface area contributed by atoms with Gasteiger partial charge < -0.3 is 28.7 Å². The monoisotopic (exact) mass is 411 g/mol. The van der Waals surface area contributed by atoms with Crippen LogP contribution in [0, 0.1) is 6.92 Å². The highest BCUT2D eigenvalue weighted by Crippen LogP contribution is 2.28. The highest BCUT2D eigenvalue weighted by Gasteiger charge is 2.26. The molecule has 0 fully saturated rings. The zero-order chi connectivity index (χ0) is 13.5. The summed E-state index contributed by atoms with van der Waals surface area (Å²) in [6.45, 7) is 4.21. The SMILES string of the molecule is CCOC(=O)C(=C(SC)SC)[n+]1ccc(C)cc1.[I-]. The van der Waals surface area contributed by atoms with Crippen molar-refractivity contribution < 1.29 is 38.1 Å². The Labute approximate surface area is 140 Å². The van der Waals surface area contributed by atoms with E-state index in [0.717, 1.165) is 9.80 Å². The minimum absolute atomic E-state index is 0. The molecule has 19 heavy (non-hydrogen) atoms. The molecule has 0 atom stereocenters. The van der Waals surface area contributed by atoms with Crippen molar-refractivity contribution in [2.45, 2.75) is 13.8 Å². The third-order valence-corrected chi connectivity index (χ3v) is 4.42. The average Bonchev–Trinajstić information content (AvgIpc) is 2.37. The van der Waals surface area contributed by atoms with E-state index in [2.05, 4.69) is 0 Å². The van der Waals surface area contributed by atoms with E-state index >= 15 is 0 Å². The van der Waals surface area contributed by atoms with E-state index in [1.807, 2.05) is 55.5 Å². The van der Waals surface area contributed by atoms with Crippen LogP contribution >= 0.6 is 23.5 Å². The first-order chi connectivity index (χ1) is 8.63. The molecular weight excluding hydrogens is 393 g/mol. The van der Waals surface area contributed by atoms with Gasteiger partial charge in [-0.2, -0.15) is 4.57 Å². The van der Waals surface area contributed by atoms with Crippen LogP contribution in [0.15, 0.2) is 28.8 Å². The molecule has 0 saturated carbocycles. The summed E-state index contributed by atoms with van der Waals surface area (Å²) in [7, 11) is 0. The summed E-state index contributed by atoms with van der Waals surface area (Å²) in [4.78, 5) is 12.1. The third-order valence-electron chi connectivity index (χ3n) is 2.29. The Morgan fingerprint density at radius 3 is 2.21 bits per heavy atom. The van der Waals surface area contributed by atoms with Crippen molar-refractivity contribution in [2.24, 2.45) is 0 Å². The molecule has 0 unspecified atom stereocenters. The first-order valence-corrected chi connectivity index (χ1v) is 8.06. The van der Waals surface area contributed by atoms with Crippen molar-refractivity contribution in [1.29, 1.82) is 0 Å². The molecule has 0 radical (unpaired) electrons. The van der Waals surface area contributed by atoms with Gasteiger partial charge in [-0.15, -0.1) is 23.5 Å². The van der Waals surface area contributed by atoms with Gasteiger partial charge in [0.15, 0.2) is 12.4 Å². The number of thioether (sulfide) groups is 2. The van der Waals surface area contributed by atoms with Crippen molar-refractivity contribution in [3.63, 3.8) is 0 Å². The van der Waals surface area contributed by atoms with Gasteiger partial charge in [-0.3, -0.25) is 0 Å². The summed E-state index contributed by atoms with van der Waals surface area (Å²) in [5, 5.41) is 0. The Balaban J connectivity index is 0.00000324. The van der Waals surface area contributed by atoms with Gasteiger partial charge in [0.05, 0.1) is 6.61 Å². The Kier molecular flexibility index (Phi) is 9.55. The number of aromatic nitrogens is 1. The number of hydrogen-bond donors (Lipinski definition) is 0. The van der Waals surface area contributed by atoms with Gasteiger partial charge in [0.1, 0.15) is 4.24 Å². The lowest BCUT2D eigenvalue weighted by Crippen LogP contribution is -3.00. The number of pyridine rings is 1. The molecule has 0 spiro atoms. The van der Waals surface area contributed by atoms with Crippen molar-refractivity contribution in [3.05, 3.63) is 34.3 Å². The van der Waals surface area contributed by atoms with E-state index in [1.165, 1.54) is 0 Å². The van der Waals surface area contributed by atoms with E-state index in [1.54, 1.807) is 23.5 Å². The fourth-order valence-corrected chi connectivity index (χ4v) is 2.85. The van der Waals surface area contributed by atoms with Crippen LogP contribution in [-0.4, -0.2) is 25.1 Å². The summed E-state index contributed by atoms with van der Waals surface area (Å²) >= 11 is 3.10. The molecule has 0 amide bonds. The van der Waals surface area contributed by atoms with Crippen LogP contribution in [0.25, 0.3) is 5.70 Å². The van der Waals surface area contributed by atoms with Crippen molar-refractivity contribution >= 4 is 35.2 Å². The summed E-state index contributed by atoms with van der Waals surface area (Å²) in [5.41, 5.74) is 1.74. The molecule has 1 heterocycles. The Bertz CT molecular complexity index is 440. The van der Waals surface area contributed by atoms with Gasteiger partial charge in [0.25, 0.3) is 0 Å². The standard InChI is InChI=1S/C13H18NO2S2.HI/c1-5-16-12(15)11(13(17-3)18-4)14-8-6-10(2)7-9-14;/h6-9H,5H2,1-4H3;1H/q+1;/p-1. The topological polar surface area (TPSA) is 30.2 Å². The number of rotatable bonds is 5. The number of carbonyl (C=O) groups is 1. The first kappa shape index (κ1) is 18.8. The Morgan fingerprint density at radius 1 is 1.26 bits per heavy atom. The molecule has 106 valence electrons. The van der Waals surface area contributed by atoms with Crippen LogP contribution in [0.5, 0.6) is 0 Å². The van der Waals surface area contributed by atoms with Crippen LogP contribution in [0.3, 0.4) is 0 Å². The fourth-order valence-electron chi connectivity index (χ4n) is 1.42. The average molecular weight is 411 g/mol. The predicted molar refractivity (Wildman–Crippen MR) is 78.3 cm³/mol. The zero-order valence-electron chi connectivity index (χ0n) is 11.5. The van der Waals surface area contributed by atoms with Crippen LogP contribution in [0.2, 0.25) is 0 Å². The fraction of sp³-hybridized carbons (Fsp3) is 0.385. The Morgan fingerprint density at radius 2 is 1.79 bits per heavy atom. The lowest BCUT2D eigenvalue weighted by Gasteiger charge is -2.06. The molecule has 0 saturated heterocycles. The molecule has 3 nitrogen and oxygen atoms in total. The summed E-state index contributed by atoms with van der Waals surface area (Å²) < 4.78 is 7.89. The van der Waals surface area contributed by atoms with Crippen LogP contribution in [-0.2, 0) is 9.53 Å². The second-order valence-electron chi connectivity index (χ2n) is 3.55. The lowest BCUT2D eigenvalue weighted by molar-refractivity contribution is -0.578. The summed E-state index contributed by atoms with van der Waals surface area (Å²) in [6, 6.07) is 3.94. The number of esters is 1. The van der Waals surface area contributed by atoms with Crippen LogP contribution in [0.4, 0.5) is 0 Å². The van der Waals surface area contributed by atoms with Gasteiger partial charge in [0, 0.05) is 12.1 Å². The van der Waals surface area contributed by atoms with Gasteiger partial charge in [0.2, 0.25) is 0 Å². The number of halogens is 1. The molecular formula is C13H18INO2S2. The van der Waals surface area contributed by atoms with Crippen LogP contribution in [0.1, 0.15) is 12.5 Å². The van der Waals surface area contributed by atoms with Crippen molar-refractivity contribution in [3.8, 4) is 0 Å². The normalized spacial score (nSPS) is 9.47. The molecule has 0 aliphatic carbocycles. The quantitative estimate of drug-likeness (QED) is 0.288. The number of nitrogens with zero attached hydrogens (tertiary/aromatic N) is 1. The second-order valence-corrected chi connectivity index (χ2v) is 5.44. The van der Waals surface area contributed by atoms with E-state index < -0.39 is 0 Å². The van der Waals surface area contributed by atoms with Gasteiger partial charge in [-0.1, -0.05) is 0 Å². The molecule has 0 aromatic carbocycles. The smallest absolute Gasteiger partial charge is 0.405 e. The number of aryl methyl sites for hydroxylation is 1. The molecule has 0 aliphatic rings. The lowest BCUT2D eigenvalue weighted by atomic mass is 10.3. The molecule has 6 heteroatoms. The third kappa shape index (κ3) is 5.35. The summed E-state index contributed by atoms with van der Waals surface area (Å²) in [5.74, 6) is -0.287. The number of hydrogen-bond acceptors (Lipinski definition) is 4. The number of carbonyl (C=O) groups excluding carboxylic acids is 1. The van der Waals surface area contributed by atoms with E-state index in [4.69, 9.17) is 4.74 Å². The predicted octanol–water partition coefficient (Wildman–Crippen LogP) is -0.298. The zero-order valence-corrected chi connectivity index (χ0v) is 15.3. The second kappa shape index (κ2) is 9.66. The highest BCUT2D eigenvalue weighted by atomic mass is 127. The minimum atomic E-state index is -0.287. The largest absolute Gasteiger partial charge is 1.00 e. The maximum Gasteiger partial charge on any atom is 0.405 e. The molecule has 0 N–H and O–H groups in total. The van der Waals surface area contributed by atoms with Gasteiger partial charge in [-0.05, 0) is 31.9 Å². The highest BCUT2D eigenvalue weighted by molar-refractivity contribution is 8.21. The van der Waals surface area contributed by atoms with Gasteiger partial charge >= 0.3 is 11.7 Å². The molecule has 0 bridgehead atoms. The first-order valence-electron chi connectivity index (χ1n) is 5.61. The Hall–Kier alpha value is -0.210. The molecule has 1 aromatic heterocycles. The van der Waals surface area contributed by atoms with E-state index in [9.17, 15) is 4.79 Å². The maximum atomic E-state index is 12.1. The van der Waals surface area contributed by atoms with Gasteiger partial charge in [-0.25, -0.2) is 4.79 Å². The molecule has 0 aliphatic heterocycles. The van der Waals surface area contributed by atoms with E-state index in [0.29, 0.717) is 12.3 Å². The minimum Gasteiger partial charge on any atom is -1.00 e. The van der Waals surface area contributed by atoms with Crippen molar-refractivity contribution in [2.75, 3.05) is 19.1 Å². The van der Waals surface area contributed by atoms with Crippen LogP contribution < -0.4 is 28.5 Å². The molecule has 1 aromatic rings. The maximum absolute atomic E-state index is 12.1. The van der Waals surface area contributed by atoms with Crippen molar-refractivity contribution in [1.82, 2.24) is 0 Å².